The van der Waals surface area contributed by atoms with Crippen molar-refractivity contribution in [3.8, 4) is 0 Å². The molecule has 1 aliphatic rings. The Morgan fingerprint density at radius 2 is 2.00 bits per heavy atom. The van der Waals surface area contributed by atoms with Gasteiger partial charge in [0.1, 0.15) is 5.82 Å². The molecule has 1 aromatic heterocycles. The average molecular weight is 206 g/mol. The minimum atomic E-state index is 1.15. The first-order valence-electron chi connectivity index (χ1n) is 6.46. The predicted octanol–water partition coefficient (Wildman–Crippen LogP) is 3.41. The maximum Gasteiger partial charge on any atom is 0.106 e. The van der Waals surface area contributed by atoms with E-state index in [1.807, 2.05) is 0 Å². The lowest BCUT2D eigenvalue weighted by atomic mass is 10.0. The van der Waals surface area contributed by atoms with E-state index < -0.39 is 0 Å². The van der Waals surface area contributed by atoms with Gasteiger partial charge in [-0.15, -0.1) is 0 Å². The van der Waals surface area contributed by atoms with Crippen LogP contribution in [0.3, 0.4) is 0 Å². The second kappa shape index (κ2) is 5.34. The number of aromatic nitrogens is 2. The minimum Gasteiger partial charge on any atom is -0.346 e. The molecular formula is C13H22N2. The molecule has 15 heavy (non-hydrogen) atoms. The molecule has 0 fully saturated rings. The van der Waals surface area contributed by atoms with Gasteiger partial charge in [0.15, 0.2) is 0 Å². The monoisotopic (exact) mass is 206 g/mol. The first kappa shape index (κ1) is 10.7. The zero-order chi connectivity index (χ0) is 10.5. The van der Waals surface area contributed by atoms with Crippen LogP contribution in [0.1, 0.15) is 62.7 Å². The Kier molecular flexibility index (Phi) is 3.81. The van der Waals surface area contributed by atoms with Crippen molar-refractivity contribution in [3.05, 3.63) is 17.2 Å². The molecule has 0 spiro atoms. The van der Waals surface area contributed by atoms with Gasteiger partial charge >= 0.3 is 0 Å². The highest BCUT2D eigenvalue weighted by atomic mass is 14.9. The van der Waals surface area contributed by atoms with Crippen LogP contribution in [0.5, 0.6) is 0 Å². The second-order valence-corrected chi connectivity index (χ2v) is 4.63. The van der Waals surface area contributed by atoms with E-state index in [0.717, 1.165) is 6.42 Å². The maximum absolute atomic E-state index is 4.69. The standard InChI is InChI=1S/C13H22N2/c1-2-3-4-5-10-13-14-11-8-6-7-9-12(11)15-13/h2-10H2,1H3,(H,14,15). The molecule has 0 radical (unpaired) electrons. The van der Waals surface area contributed by atoms with Crippen LogP contribution in [-0.4, -0.2) is 9.97 Å². The zero-order valence-corrected chi connectivity index (χ0v) is 9.81. The summed E-state index contributed by atoms with van der Waals surface area (Å²) in [6.45, 7) is 2.26. The van der Waals surface area contributed by atoms with Crippen LogP contribution in [0.2, 0.25) is 0 Å². The van der Waals surface area contributed by atoms with Crippen molar-refractivity contribution in [2.24, 2.45) is 0 Å². The topological polar surface area (TPSA) is 28.7 Å². The Bertz CT molecular complexity index is 278. The largest absolute Gasteiger partial charge is 0.346 e. The number of rotatable bonds is 5. The van der Waals surface area contributed by atoms with E-state index in [2.05, 4.69) is 11.9 Å². The fourth-order valence-corrected chi connectivity index (χ4v) is 2.35. The molecule has 2 heteroatoms. The van der Waals surface area contributed by atoms with Crippen LogP contribution in [0.25, 0.3) is 0 Å². The van der Waals surface area contributed by atoms with Crippen LogP contribution < -0.4 is 0 Å². The molecule has 1 N–H and O–H groups in total. The van der Waals surface area contributed by atoms with Crippen LogP contribution in [0.4, 0.5) is 0 Å². The Labute approximate surface area is 92.5 Å². The molecule has 0 amide bonds. The van der Waals surface area contributed by atoms with Crippen molar-refractivity contribution in [1.82, 2.24) is 9.97 Å². The third kappa shape index (κ3) is 2.83. The van der Waals surface area contributed by atoms with E-state index in [9.17, 15) is 0 Å². The van der Waals surface area contributed by atoms with Gasteiger partial charge in [-0.2, -0.15) is 0 Å². The third-order valence-corrected chi connectivity index (χ3v) is 3.27. The minimum absolute atomic E-state index is 1.15. The molecule has 0 aliphatic heterocycles. The van der Waals surface area contributed by atoms with Gasteiger partial charge in [-0.1, -0.05) is 26.2 Å². The summed E-state index contributed by atoms with van der Waals surface area (Å²) in [6.07, 6.45) is 11.5. The highest BCUT2D eigenvalue weighted by Crippen LogP contribution is 2.19. The number of aromatic amines is 1. The predicted molar refractivity (Wildman–Crippen MR) is 63.1 cm³/mol. The van der Waals surface area contributed by atoms with Crippen molar-refractivity contribution in [2.75, 3.05) is 0 Å². The second-order valence-electron chi connectivity index (χ2n) is 4.63. The van der Waals surface area contributed by atoms with Crippen molar-refractivity contribution in [1.29, 1.82) is 0 Å². The molecule has 2 rings (SSSR count). The first-order chi connectivity index (χ1) is 7.40. The zero-order valence-electron chi connectivity index (χ0n) is 9.81. The molecule has 2 nitrogen and oxygen atoms in total. The number of fused-ring (bicyclic) bond motifs is 1. The highest BCUT2D eigenvalue weighted by molar-refractivity contribution is 5.17. The van der Waals surface area contributed by atoms with E-state index >= 15 is 0 Å². The smallest absolute Gasteiger partial charge is 0.106 e. The van der Waals surface area contributed by atoms with E-state index in [1.54, 1.807) is 0 Å². The molecule has 0 aromatic carbocycles. The van der Waals surface area contributed by atoms with Gasteiger partial charge in [-0.05, 0) is 32.1 Å². The Morgan fingerprint density at radius 3 is 2.80 bits per heavy atom. The number of hydrogen-bond acceptors (Lipinski definition) is 1. The number of aryl methyl sites for hydroxylation is 3. The molecular weight excluding hydrogens is 184 g/mol. The molecule has 0 atom stereocenters. The molecule has 0 bridgehead atoms. The number of nitrogens with zero attached hydrogens (tertiary/aromatic N) is 1. The van der Waals surface area contributed by atoms with Crippen LogP contribution in [-0.2, 0) is 19.3 Å². The van der Waals surface area contributed by atoms with Crippen molar-refractivity contribution < 1.29 is 0 Å². The fourth-order valence-electron chi connectivity index (χ4n) is 2.35. The van der Waals surface area contributed by atoms with Gasteiger partial charge in [0, 0.05) is 12.1 Å². The van der Waals surface area contributed by atoms with Crippen molar-refractivity contribution in [3.63, 3.8) is 0 Å². The van der Waals surface area contributed by atoms with Gasteiger partial charge < -0.3 is 4.98 Å². The number of H-pyrrole nitrogens is 1. The number of unbranched alkanes of at least 4 members (excludes halogenated alkanes) is 3. The first-order valence-corrected chi connectivity index (χ1v) is 6.46. The summed E-state index contributed by atoms with van der Waals surface area (Å²) in [6, 6.07) is 0. The average Bonchev–Trinajstić information content (AvgIpc) is 2.67. The molecule has 1 aromatic rings. The summed E-state index contributed by atoms with van der Waals surface area (Å²) >= 11 is 0. The fraction of sp³-hybridized carbons (Fsp3) is 0.769. The number of imidazole rings is 1. The summed E-state index contributed by atoms with van der Waals surface area (Å²) in [5.41, 5.74) is 2.78. The highest BCUT2D eigenvalue weighted by Gasteiger charge is 2.13. The van der Waals surface area contributed by atoms with E-state index in [1.165, 1.54) is 68.6 Å². The summed E-state index contributed by atoms with van der Waals surface area (Å²) in [4.78, 5) is 8.19. The van der Waals surface area contributed by atoms with Crippen LogP contribution >= 0.6 is 0 Å². The van der Waals surface area contributed by atoms with Gasteiger partial charge in [0.2, 0.25) is 0 Å². The van der Waals surface area contributed by atoms with Crippen molar-refractivity contribution in [2.45, 2.75) is 64.7 Å². The lowest BCUT2D eigenvalue weighted by Gasteiger charge is -2.07. The Morgan fingerprint density at radius 1 is 1.13 bits per heavy atom. The molecule has 1 heterocycles. The summed E-state index contributed by atoms with van der Waals surface area (Å²) in [5, 5.41) is 0. The molecule has 0 saturated heterocycles. The summed E-state index contributed by atoms with van der Waals surface area (Å²) in [5.74, 6) is 1.23. The van der Waals surface area contributed by atoms with Crippen molar-refractivity contribution >= 4 is 0 Å². The maximum atomic E-state index is 4.69. The molecule has 0 saturated carbocycles. The molecule has 0 unspecified atom stereocenters. The SMILES string of the molecule is CCCCCCc1nc2c([nH]1)CCCC2. The van der Waals surface area contributed by atoms with E-state index in [4.69, 9.17) is 4.98 Å². The van der Waals surface area contributed by atoms with E-state index in [0.29, 0.717) is 0 Å². The van der Waals surface area contributed by atoms with E-state index in [-0.39, 0.29) is 0 Å². The quantitative estimate of drug-likeness (QED) is 0.735. The Balaban J connectivity index is 1.84. The van der Waals surface area contributed by atoms with Crippen LogP contribution in [0.15, 0.2) is 0 Å². The van der Waals surface area contributed by atoms with Gasteiger partial charge in [0.05, 0.1) is 5.69 Å². The summed E-state index contributed by atoms with van der Waals surface area (Å²) in [7, 11) is 0. The van der Waals surface area contributed by atoms with Gasteiger partial charge in [0.25, 0.3) is 0 Å². The Hall–Kier alpha value is -0.790. The number of hydrogen-bond donors (Lipinski definition) is 1. The summed E-state index contributed by atoms with van der Waals surface area (Å²) < 4.78 is 0. The third-order valence-electron chi connectivity index (χ3n) is 3.27. The number of nitrogens with one attached hydrogen (secondary N) is 1. The molecule has 1 aliphatic carbocycles. The normalized spacial score (nSPS) is 15.3. The van der Waals surface area contributed by atoms with Crippen LogP contribution in [0, 0.1) is 0 Å². The lowest BCUT2D eigenvalue weighted by molar-refractivity contribution is 0.654. The molecule has 84 valence electrons. The van der Waals surface area contributed by atoms with Gasteiger partial charge in [-0.25, -0.2) is 4.98 Å². The lowest BCUT2D eigenvalue weighted by Crippen LogP contribution is -2.00. The van der Waals surface area contributed by atoms with Gasteiger partial charge in [-0.3, -0.25) is 0 Å².